The summed E-state index contributed by atoms with van der Waals surface area (Å²) in [6.45, 7) is 0.381. The first kappa shape index (κ1) is 20.9. The number of hydrogen-bond acceptors (Lipinski definition) is 3. The summed E-state index contributed by atoms with van der Waals surface area (Å²) in [4.78, 5) is 12.4. The Labute approximate surface area is 190 Å². The molecule has 0 spiro atoms. The summed E-state index contributed by atoms with van der Waals surface area (Å²) in [7, 11) is 0. The third kappa shape index (κ3) is 5.43. The molecule has 4 nitrogen and oxygen atoms in total. The lowest BCUT2D eigenvalue weighted by atomic mass is 10.1. The molecular formula is C25H18Cl2N2O2. The number of fused-ring (bicyclic) bond motifs is 1. The van der Waals surface area contributed by atoms with Gasteiger partial charge < -0.3 is 4.74 Å². The van der Waals surface area contributed by atoms with Crippen molar-refractivity contribution in [1.82, 2.24) is 5.43 Å². The fourth-order valence-electron chi connectivity index (χ4n) is 3.02. The second-order valence-electron chi connectivity index (χ2n) is 6.87. The Balaban J connectivity index is 1.36. The van der Waals surface area contributed by atoms with Crippen molar-refractivity contribution in [2.24, 2.45) is 5.10 Å². The van der Waals surface area contributed by atoms with E-state index in [1.807, 2.05) is 66.7 Å². The smallest absolute Gasteiger partial charge is 0.271 e. The van der Waals surface area contributed by atoms with Crippen molar-refractivity contribution in [3.8, 4) is 5.75 Å². The molecule has 1 amide bonds. The maximum Gasteiger partial charge on any atom is 0.271 e. The summed E-state index contributed by atoms with van der Waals surface area (Å²) in [6.07, 6.45) is 1.54. The average molecular weight is 449 g/mol. The molecule has 0 saturated heterocycles. The molecule has 0 atom stereocenters. The van der Waals surface area contributed by atoms with Gasteiger partial charge >= 0.3 is 0 Å². The SMILES string of the molecule is O=C(N/N=C\c1ccc(OCc2ccc(Cl)cc2)c(Cl)c1)c1ccc2ccccc2c1. The third-order valence-corrected chi connectivity index (χ3v) is 5.20. The normalized spacial score (nSPS) is 11.0. The van der Waals surface area contributed by atoms with Crippen molar-refractivity contribution in [3.05, 3.63) is 112 Å². The van der Waals surface area contributed by atoms with E-state index >= 15 is 0 Å². The first-order chi connectivity index (χ1) is 15.1. The number of rotatable bonds is 6. The van der Waals surface area contributed by atoms with Gasteiger partial charge in [0.05, 0.1) is 11.2 Å². The first-order valence-corrected chi connectivity index (χ1v) is 10.3. The van der Waals surface area contributed by atoms with E-state index in [9.17, 15) is 4.79 Å². The Bertz CT molecular complexity index is 1250. The quantitative estimate of drug-likeness (QED) is 0.270. The molecular weight excluding hydrogens is 431 g/mol. The number of nitrogens with zero attached hydrogens (tertiary/aromatic N) is 1. The van der Waals surface area contributed by atoms with Crippen LogP contribution in [0.1, 0.15) is 21.5 Å². The van der Waals surface area contributed by atoms with Crippen LogP contribution in [-0.2, 0) is 6.61 Å². The van der Waals surface area contributed by atoms with Crippen molar-refractivity contribution >= 4 is 46.1 Å². The van der Waals surface area contributed by atoms with Crippen LogP contribution in [0.5, 0.6) is 5.75 Å². The molecule has 0 bridgehead atoms. The second-order valence-corrected chi connectivity index (χ2v) is 7.71. The van der Waals surface area contributed by atoms with E-state index in [-0.39, 0.29) is 5.91 Å². The zero-order valence-electron chi connectivity index (χ0n) is 16.4. The van der Waals surface area contributed by atoms with Crippen molar-refractivity contribution in [2.45, 2.75) is 6.61 Å². The number of hydrogen-bond donors (Lipinski definition) is 1. The van der Waals surface area contributed by atoms with Gasteiger partial charge in [0, 0.05) is 10.6 Å². The van der Waals surface area contributed by atoms with Gasteiger partial charge in [0.25, 0.3) is 5.91 Å². The van der Waals surface area contributed by atoms with Crippen LogP contribution in [0, 0.1) is 0 Å². The molecule has 0 heterocycles. The maximum absolute atomic E-state index is 12.4. The van der Waals surface area contributed by atoms with Crippen molar-refractivity contribution < 1.29 is 9.53 Å². The highest BCUT2D eigenvalue weighted by atomic mass is 35.5. The summed E-state index contributed by atoms with van der Waals surface area (Å²) in [5, 5.41) is 7.25. The van der Waals surface area contributed by atoms with Crippen LogP contribution in [0.2, 0.25) is 10.0 Å². The molecule has 1 N–H and O–H groups in total. The Morgan fingerprint density at radius 3 is 2.45 bits per heavy atom. The topological polar surface area (TPSA) is 50.7 Å². The Morgan fingerprint density at radius 2 is 1.68 bits per heavy atom. The zero-order valence-corrected chi connectivity index (χ0v) is 17.9. The lowest BCUT2D eigenvalue weighted by molar-refractivity contribution is 0.0955. The Morgan fingerprint density at radius 1 is 0.903 bits per heavy atom. The molecule has 31 heavy (non-hydrogen) atoms. The molecule has 0 aromatic heterocycles. The van der Waals surface area contributed by atoms with Crippen molar-refractivity contribution in [3.63, 3.8) is 0 Å². The van der Waals surface area contributed by atoms with E-state index in [0.717, 1.165) is 21.9 Å². The molecule has 4 aromatic rings. The Hall–Kier alpha value is -3.34. The van der Waals surface area contributed by atoms with Crippen molar-refractivity contribution in [2.75, 3.05) is 0 Å². The molecule has 0 unspecified atom stereocenters. The van der Waals surface area contributed by atoms with Crippen molar-refractivity contribution in [1.29, 1.82) is 0 Å². The number of nitrogens with one attached hydrogen (secondary N) is 1. The molecule has 154 valence electrons. The van der Waals surface area contributed by atoms with Crippen LogP contribution in [0.15, 0.2) is 90.0 Å². The highest BCUT2D eigenvalue weighted by Gasteiger charge is 2.06. The monoisotopic (exact) mass is 448 g/mol. The van der Waals surface area contributed by atoms with Crippen LogP contribution < -0.4 is 10.2 Å². The van der Waals surface area contributed by atoms with E-state index < -0.39 is 0 Å². The van der Waals surface area contributed by atoms with Gasteiger partial charge in [0.2, 0.25) is 0 Å². The van der Waals surface area contributed by atoms with Gasteiger partial charge in [0.1, 0.15) is 12.4 Å². The average Bonchev–Trinajstić information content (AvgIpc) is 2.79. The summed E-state index contributed by atoms with van der Waals surface area (Å²) in [5.74, 6) is 0.282. The van der Waals surface area contributed by atoms with Gasteiger partial charge in [-0.3, -0.25) is 4.79 Å². The van der Waals surface area contributed by atoms with E-state index in [1.54, 1.807) is 18.2 Å². The predicted octanol–water partition coefficient (Wildman–Crippen LogP) is 6.49. The van der Waals surface area contributed by atoms with Crippen LogP contribution in [0.3, 0.4) is 0 Å². The largest absolute Gasteiger partial charge is 0.487 e. The minimum Gasteiger partial charge on any atom is -0.487 e. The summed E-state index contributed by atoms with van der Waals surface area (Å²) in [6, 6.07) is 26.1. The molecule has 4 aromatic carbocycles. The summed E-state index contributed by atoms with van der Waals surface area (Å²) < 4.78 is 5.76. The zero-order chi connectivity index (χ0) is 21.6. The molecule has 0 saturated carbocycles. The van der Waals surface area contributed by atoms with Crippen LogP contribution in [-0.4, -0.2) is 12.1 Å². The van der Waals surface area contributed by atoms with Gasteiger partial charge in [-0.25, -0.2) is 5.43 Å². The van der Waals surface area contributed by atoms with Gasteiger partial charge in [-0.2, -0.15) is 5.10 Å². The standard InChI is InChI=1S/C25H18Cl2N2O2/c26-22-10-5-17(6-11-22)16-31-24-12-7-18(13-23(24)27)15-28-29-25(30)21-9-8-19-3-1-2-4-20(19)14-21/h1-15H,16H2,(H,29,30)/b28-15-. The van der Waals surface area contributed by atoms with Gasteiger partial charge in [-0.05, 0) is 64.4 Å². The number of carbonyl (C=O) groups excluding carboxylic acids is 1. The van der Waals surface area contributed by atoms with E-state index in [2.05, 4.69) is 10.5 Å². The lowest BCUT2D eigenvalue weighted by Gasteiger charge is -2.09. The number of benzene rings is 4. The number of carbonyl (C=O) groups is 1. The molecule has 0 aliphatic rings. The molecule has 0 aliphatic heterocycles. The van der Waals surface area contributed by atoms with Crippen LogP contribution >= 0.6 is 23.2 Å². The molecule has 0 aliphatic carbocycles. The highest BCUT2D eigenvalue weighted by molar-refractivity contribution is 6.32. The predicted molar refractivity (Wildman–Crippen MR) is 126 cm³/mol. The molecule has 0 fully saturated rings. The summed E-state index contributed by atoms with van der Waals surface area (Å²) in [5.41, 5.74) is 4.81. The minimum absolute atomic E-state index is 0.281. The minimum atomic E-state index is -0.281. The van der Waals surface area contributed by atoms with E-state index in [1.165, 1.54) is 6.21 Å². The summed E-state index contributed by atoms with van der Waals surface area (Å²) >= 11 is 12.2. The van der Waals surface area contributed by atoms with Gasteiger partial charge in [-0.1, -0.05) is 65.7 Å². The lowest BCUT2D eigenvalue weighted by Crippen LogP contribution is -2.17. The third-order valence-electron chi connectivity index (χ3n) is 4.65. The van der Waals surface area contributed by atoms with Gasteiger partial charge in [0.15, 0.2) is 0 Å². The fourth-order valence-corrected chi connectivity index (χ4v) is 3.39. The van der Waals surface area contributed by atoms with E-state index in [0.29, 0.717) is 28.0 Å². The fraction of sp³-hybridized carbons (Fsp3) is 0.0400. The highest BCUT2D eigenvalue weighted by Crippen LogP contribution is 2.26. The number of halogens is 2. The molecule has 0 radical (unpaired) electrons. The number of hydrazone groups is 1. The molecule has 4 rings (SSSR count). The van der Waals surface area contributed by atoms with Gasteiger partial charge in [-0.15, -0.1) is 0 Å². The number of ether oxygens (including phenoxy) is 1. The number of amides is 1. The van der Waals surface area contributed by atoms with Crippen LogP contribution in [0.25, 0.3) is 10.8 Å². The van der Waals surface area contributed by atoms with Crippen LogP contribution in [0.4, 0.5) is 0 Å². The maximum atomic E-state index is 12.4. The first-order valence-electron chi connectivity index (χ1n) is 9.57. The second kappa shape index (κ2) is 9.65. The van der Waals surface area contributed by atoms with E-state index in [4.69, 9.17) is 27.9 Å². The molecule has 6 heteroatoms. The Kier molecular flexibility index (Phi) is 6.51.